The Hall–Kier alpha value is -3.75. The molecule has 1 aromatic heterocycles. The Bertz CT molecular complexity index is 1090. The van der Waals surface area contributed by atoms with Crippen LogP contribution in [0.4, 0.5) is 8.78 Å². The van der Waals surface area contributed by atoms with Crippen LogP contribution in [0.2, 0.25) is 0 Å². The van der Waals surface area contributed by atoms with Crippen LogP contribution in [0.3, 0.4) is 0 Å². The van der Waals surface area contributed by atoms with E-state index in [0.717, 1.165) is 10.9 Å². The topological polar surface area (TPSA) is 90.1 Å². The molecule has 0 saturated carbocycles. The SMILES string of the molecule is Cc1cc(=O)oc2cc(OCC(=O)N/N=C\c3ccc(OC(F)F)cc3)ccc12. The minimum Gasteiger partial charge on any atom is -0.484 e. The summed E-state index contributed by atoms with van der Waals surface area (Å²) in [6.07, 6.45) is 1.34. The number of aryl methyl sites for hydroxylation is 1. The van der Waals surface area contributed by atoms with Crippen molar-refractivity contribution in [2.75, 3.05) is 6.61 Å². The van der Waals surface area contributed by atoms with E-state index in [1.807, 2.05) is 0 Å². The molecule has 0 bridgehead atoms. The maximum absolute atomic E-state index is 12.1. The molecule has 1 N–H and O–H groups in total. The molecule has 0 radical (unpaired) electrons. The van der Waals surface area contributed by atoms with Crippen molar-refractivity contribution in [3.63, 3.8) is 0 Å². The molecule has 9 heteroatoms. The van der Waals surface area contributed by atoms with E-state index < -0.39 is 18.1 Å². The van der Waals surface area contributed by atoms with Crippen LogP contribution in [0.15, 0.2) is 62.8 Å². The van der Waals surface area contributed by atoms with E-state index in [1.165, 1.54) is 42.6 Å². The number of ether oxygens (including phenoxy) is 2. The van der Waals surface area contributed by atoms with Gasteiger partial charge in [-0.15, -0.1) is 0 Å². The number of nitrogens with zero attached hydrogens (tertiary/aromatic N) is 1. The molecule has 0 atom stereocenters. The smallest absolute Gasteiger partial charge is 0.387 e. The molecule has 3 rings (SSSR count). The van der Waals surface area contributed by atoms with E-state index in [2.05, 4.69) is 15.3 Å². The zero-order valence-electron chi connectivity index (χ0n) is 15.2. The summed E-state index contributed by atoms with van der Waals surface area (Å²) in [6, 6.07) is 12.1. The Kier molecular flexibility index (Phi) is 6.18. The highest BCUT2D eigenvalue weighted by Crippen LogP contribution is 2.22. The van der Waals surface area contributed by atoms with Gasteiger partial charge in [0.25, 0.3) is 5.91 Å². The highest BCUT2D eigenvalue weighted by atomic mass is 19.3. The van der Waals surface area contributed by atoms with Crippen molar-refractivity contribution in [3.8, 4) is 11.5 Å². The third-order valence-corrected chi connectivity index (χ3v) is 3.80. The number of hydrogen-bond donors (Lipinski definition) is 1. The predicted octanol–water partition coefficient (Wildman–Crippen LogP) is 3.23. The van der Waals surface area contributed by atoms with Crippen LogP contribution in [-0.2, 0) is 4.79 Å². The van der Waals surface area contributed by atoms with E-state index in [1.54, 1.807) is 19.1 Å². The summed E-state index contributed by atoms with van der Waals surface area (Å²) in [5, 5.41) is 4.54. The summed E-state index contributed by atoms with van der Waals surface area (Å²) >= 11 is 0. The summed E-state index contributed by atoms with van der Waals surface area (Å²) in [4.78, 5) is 23.3. The molecule has 0 aliphatic rings. The lowest BCUT2D eigenvalue weighted by molar-refractivity contribution is -0.123. The molecule has 29 heavy (non-hydrogen) atoms. The average molecular weight is 402 g/mol. The lowest BCUT2D eigenvalue weighted by Crippen LogP contribution is -2.24. The Morgan fingerprint density at radius 3 is 2.62 bits per heavy atom. The van der Waals surface area contributed by atoms with Gasteiger partial charge in [0.05, 0.1) is 6.21 Å². The molecule has 150 valence electrons. The number of hydrogen-bond acceptors (Lipinski definition) is 6. The molecule has 3 aromatic rings. The van der Waals surface area contributed by atoms with Gasteiger partial charge in [-0.2, -0.15) is 13.9 Å². The highest BCUT2D eigenvalue weighted by Gasteiger charge is 2.06. The van der Waals surface area contributed by atoms with Gasteiger partial charge in [0.1, 0.15) is 17.1 Å². The number of nitrogens with one attached hydrogen (secondary N) is 1. The Morgan fingerprint density at radius 1 is 1.17 bits per heavy atom. The van der Waals surface area contributed by atoms with Crippen molar-refractivity contribution in [2.24, 2.45) is 5.10 Å². The molecule has 1 amide bonds. The molecule has 0 aliphatic heterocycles. The molecule has 0 unspecified atom stereocenters. The number of amides is 1. The van der Waals surface area contributed by atoms with Gasteiger partial charge in [0.15, 0.2) is 6.61 Å². The molecule has 1 heterocycles. The molecule has 2 aromatic carbocycles. The highest BCUT2D eigenvalue weighted by molar-refractivity contribution is 5.83. The second-order valence-corrected chi connectivity index (χ2v) is 5.94. The van der Waals surface area contributed by atoms with Crippen molar-refractivity contribution < 1.29 is 27.5 Å². The van der Waals surface area contributed by atoms with Crippen molar-refractivity contribution in [1.29, 1.82) is 0 Å². The first-order valence-electron chi connectivity index (χ1n) is 8.45. The number of alkyl halides is 2. The fraction of sp³-hybridized carbons (Fsp3) is 0.150. The number of benzene rings is 2. The molecule has 0 fully saturated rings. The first-order chi connectivity index (χ1) is 13.9. The Labute approximate surface area is 163 Å². The van der Waals surface area contributed by atoms with Gasteiger partial charge in [-0.1, -0.05) is 0 Å². The van der Waals surface area contributed by atoms with Crippen LogP contribution in [0.5, 0.6) is 11.5 Å². The minimum atomic E-state index is -2.89. The number of carbonyl (C=O) groups is 1. The zero-order valence-corrected chi connectivity index (χ0v) is 15.2. The average Bonchev–Trinajstić information content (AvgIpc) is 2.67. The number of rotatable bonds is 7. The van der Waals surface area contributed by atoms with Crippen LogP contribution >= 0.6 is 0 Å². The van der Waals surface area contributed by atoms with E-state index in [0.29, 0.717) is 16.9 Å². The number of halogens is 2. The minimum absolute atomic E-state index is 0.0241. The first kappa shape index (κ1) is 20.0. The largest absolute Gasteiger partial charge is 0.484 e. The van der Waals surface area contributed by atoms with Gasteiger partial charge >= 0.3 is 12.2 Å². The molecule has 0 saturated heterocycles. The van der Waals surface area contributed by atoms with Crippen molar-refractivity contribution in [1.82, 2.24) is 5.43 Å². The van der Waals surface area contributed by atoms with Crippen LogP contribution in [0.1, 0.15) is 11.1 Å². The lowest BCUT2D eigenvalue weighted by Gasteiger charge is -2.07. The number of fused-ring (bicyclic) bond motifs is 1. The summed E-state index contributed by atoms with van der Waals surface area (Å²) in [6.45, 7) is -1.40. The standard InChI is InChI=1S/C20H16F2N2O5/c1-12-8-19(26)29-17-9-15(6-7-16(12)17)27-11-18(25)24-23-10-13-2-4-14(5-3-13)28-20(21)22/h2-10,20H,11H2,1H3,(H,24,25)/b23-10-. The Morgan fingerprint density at radius 2 is 1.90 bits per heavy atom. The number of carbonyl (C=O) groups excluding carboxylic acids is 1. The fourth-order valence-electron chi connectivity index (χ4n) is 2.49. The number of hydrazone groups is 1. The van der Waals surface area contributed by atoms with Crippen molar-refractivity contribution in [3.05, 3.63) is 70.1 Å². The van der Waals surface area contributed by atoms with Crippen LogP contribution in [0.25, 0.3) is 11.0 Å². The van der Waals surface area contributed by atoms with E-state index in [-0.39, 0.29) is 12.4 Å². The molecular weight excluding hydrogens is 386 g/mol. The van der Waals surface area contributed by atoms with Gasteiger partial charge in [-0.05, 0) is 54.4 Å². The van der Waals surface area contributed by atoms with Crippen molar-refractivity contribution in [2.45, 2.75) is 13.5 Å². The Balaban J connectivity index is 1.52. The maximum atomic E-state index is 12.1. The van der Waals surface area contributed by atoms with Gasteiger partial charge < -0.3 is 13.9 Å². The van der Waals surface area contributed by atoms with Gasteiger partial charge in [-0.25, -0.2) is 10.2 Å². The first-order valence-corrected chi connectivity index (χ1v) is 8.45. The second-order valence-electron chi connectivity index (χ2n) is 5.94. The molecule has 0 spiro atoms. The third kappa shape index (κ3) is 5.61. The van der Waals surface area contributed by atoms with Gasteiger partial charge in [0, 0.05) is 17.5 Å². The molecule has 7 nitrogen and oxygen atoms in total. The zero-order chi connectivity index (χ0) is 20.8. The summed E-state index contributed by atoms with van der Waals surface area (Å²) in [5.74, 6) is -0.124. The second kappa shape index (κ2) is 8.96. The molecular formula is C20H16F2N2O5. The van der Waals surface area contributed by atoms with Crippen LogP contribution < -0.4 is 20.5 Å². The van der Waals surface area contributed by atoms with Gasteiger partial charge in [0.2, 0.25) is 0 Å². The summed E-state index contributed by atoms with van der Waals surface area (Å²) < 4.78 is 38.9. The third-order valence-electron chi connectivity index (χ3n) is 3.80. The fourth-order valence-corrected chi connectivity index (χ4v) is 2.49. The maximum Gasteiger partial charge on any atom is 0.387 e. The van der Waals surface area contributed by atoms with E-state index in [4.69, 9.17) is 9.15 Å². The van der Waals surface area contributed by atoms with Crippen LogP contribution in [-0.4, -0.2) is 25.3 Å². The van der Waals surface area contributed by atoms with Crippen LogP contribution in [0, 0.1) is 6.92 Å². The normalized spacial score (nSPS) is 11.2. The van der Waals surface area contributed by atoms with E-state index in [9.17, 15) is 18.4 Å². The molecule has 0 aliphatic carbocycles. The van der Waals surface area contributed by atoms with E-state index >= 15 is 0 Å². The van der Waals surface area contributed by atoms with Crippen molar-refractivity contribution >= 4 is 23.1 Å². The summed E-state index contributed by atoms with van der Waals surface area (Å²) in [5.41, 5.74) is 3.54. The summed E-state index contributed by atoms with van der Waals surface area (Å²) in [7, 11) is 0. The lowest BCUT2D eigenvalue weighted by atomic mass is 10.1. The predicted molar refractivity (Wildman–Crippen MR) is 102 cm³/mol. The quantitative estimate of drug-likeness (QED) is 0.372. The monoisotopic (exact) mass is 402 g/mol. The van der Waals surface area contributed by atoms with Gasteiger partial charge in [-0.3, -0.25) is 4.79 Å².